The summed E-state index contributed by atoms with van der Waals surface area (Å²) in [6, 6.07) is 0. The van der Waals surface area contributed by atoms with Crippen molar-refractivity contribution in [1.82, 2.24) is 0 Å². The third-order valence-electron chi connectivity index (χ3n) is 20.5. The third kappa shape index (κ3) is 10.6. The number of aliphatic hydroxyl groups is 14. The number of ether oxygens (including phenoxy) is 8. The summed E-state index contributed by atoms with van der Waals surface area (Å²) in [4.78, 5) is 0. The van der Waals surface area contributed by atoms with Crippen LogP contribution in [0.1, 0.15) is 113 Å². The molecular formula is C53H90O22. The number of rotatable bonds is 15. The van der Waals surface area contributed by atoms with Crippen molar-refractivity contribution in [1.29, 1.82) is 0 Å². The van der Waals surface area contributed by atoms with Gasteiger partial charge in [0.15, 0.2) is 25.2 Å². The first kappa shape index (κ1) is 60.0. The Morgan fingerprint density at radius 3 is 1.80 bits per heavy atom. The summed E-state index contributed by atoms with van der Waals surface area (Å²) in [6.07, 6.45) is -22.6. The van der Waals surface area contributed by atoms with Crippen LogP contribution in [0.5, 0.6) is 0 Å². The molecule has 0 unspecified atom stereocenters. The third-order valence-corrected chi connectivity index (χ3v) is 20.5. The van der Waals surface area contributed by atoms with Crippen molar-refractivity contribution < 1.29 is 109 Å². The molecule has 0 spiro atoms. The van der Waals surface area contributed by atoms with E-state index in [2.05, 4.69) is 40.7 Å². The summed E-state index contributed by atoms with van der Waals surface area (Å²) in [5, 5.41) is 151. The van der Waals surface area contributed by atoms with Crippen LogP contribution in [-0.4, -0.2) is 232 Å². The maximum atomic E-state index is 12.8. The second-order valence-electron chi connectivity index (χ2n) is 25.3. The molecule has 22 heteroatoms. The van der Waals surface area contributed by atoms with E-state index in [0.717, 1.165) is 24.8 Å². The largest absolute Gasteiger partial charge is 0.394 e. The van der Waals surface area contributed by atoms with Crippen LogP contribution in [0.2, 0.25) is 0 Å². The molecule has 0 aromatic carbocycles. The second-order valence-corrected chi connectivity index (χ2v) is 25.3. The van der Waals surface area contributed by atoms with Crippen LogP contribution in [0.3, 0.4) is 0 Å². The highest BCUT2D eigenvalue weighted by molar-refractivity contribution is 5.20. The van der Waals surface area contributed by atoms with Crippen molar-refractivity contribution in [3.8, 4) is 0 Å². The van der Waals surface area contributed by atoms with Gasteiger partial charge in [0.2, 0.25) is 0 Å². The van der Waals surface area contributed by atoms with Gasteiger partial charge >= 0.3 is 0 Å². The molecule has 8 aliphatic rings. The zero-order chi connectivity index (χ0) is 55.1. The van der Waals surface area contributed by atoms with E-state index in [1.165, 1.54) is 0 Å². The topological polar surface area (TPSA) is 357 Å². The summed E-state index contributed by atoms with van der Waals surface area (Å²) in [7, 11) is 0. The standard InChI is InChI=1S/C53H90O22/c1-23(2)10-9-14-53(8,75-47-43(67)39(63)37(61)29(72-47)22-69-45-41(65)34(58)26(57)21-68-45)24-11-16-52(7)33(24)25(56)18-31-50(5)15-13-32(49(3,4)30(50)12-17-51(31,52)6)73-48-44(40(64)36(60)28(20-55)71-48)74-46-42(66)38(62)35(59)27(19-54)70-46/h10,24-48,54-67H,9,11-22H2,1-8H3/t24-,25+,26+,27+,28+,29+,30-,31+,32-,33-,34-,35+,36+,37+,38-,39-,40-,41+,42+,43+,44+,45-,46-,47+,48-,50-,51+,52+,53-/m0/s1. The fraction of sp³-hybridized carbons (Fsp3) is 0.962. The maximum absolute atomic E-state index is 12.8. The lowest BCUT2D eigenvalue weighted by atomic mass is 9.35. The van der Waals surface area contributed by atoms with E-state index in [9.17, 15) is 71.5 Å². The molecule has 4 aliphatic heterocycles. The quantitative estimate of drug-likeness (QED) is 0.0651. The Morgan fingerprint density at radius 1 is 0.587 bits per heavy atom. The first-order valence-corrected chi connectivity index (χ1v) is 27.3. The molecule has 75 heavy (non-hydrogen) atoms. The van der Waals surface area contributed by atoms with Gasteiger partial charge in [0.05, 0.1) is 44.2 Å². The number of allylic oxidation sites excluding steroid dienone is 2. The predicted molar refractivity (Wildman–Crippen MR) is 260 cm³/mol. The van der Waals surface area contributed by atoms with Crippen LogP contribution in [0.15, 0.2) is 11.6 Å². The van der Waals surface area contributed by atoms with Gasteiger partial charge in [-0.2, -0.15) is 0 Å². The lowest BCUT2D eigenvalue weighted by Gasteiger charge is -2.71. The van der Waals surface area contributed by atoms with Crippen LogP contribution in [-0.2, 0) is 37.9 Å². The minimum absolute atomic E-state index is 0.0508. The van der Waals surface area contributed by atoms with E-state index < -0.39 is 165 Å². The zero-order valence-electron chi connectivity index (χ0n) is 44.7. The molecule has 4 saturated heterocycles. The van der Waals surface area contributed by atoms with Gasteiger partial charge in [-0.25, -0.2) is 0 Å². The molecule has 0 aromatic heterocycles. The smallest absolute Gasteiger partial charge is 0.187 e. The van der Waals surface area contributed by atoms with Gasteiger partial charge in [-0.05, 0) is 124 Å². The summed E-state index contributed by atoms with van der Waals surface area (Å²) in [5.74, 6) is -0.395. The van der Waals surface area contributed by atoms with Gasteiger partial charge in [-0.3, -0.25) is 0 Å². The summed E-state index contributed by atoms with van der Waals surface area (Å²) >= 11 is 0. The maximum Gasteiger partial charge on any atom is 0.187 e. The fourth-order valence-electron chi connectivity index (χ4n) is 16.0. The Morgan fingerprint density at radius 2 is 1.16 bits per heavy atom. The van der Waals surface area contributed by atoms with E-state index in [1.54, 1.807) is 0 Å². The zero-order valence-corrected chi connectivity index (χ0v) is 44.7. The van der Waals surface area contributed by atoms with Crippen LogP contribution in [0.4, 0.5) is 0 Å². The number of hydrogen-bond acceptors (Lipinski definition) is 22. The molecule has 29 atom stereocenters. The number of aliphatic hydroxyl groups excluding tert-OH is 14. The van der Waals surface area contributed by atoms with Crippen molar-refractivity contribution in [3.05, 3.63) is 11.6 Å². The van der Waals surface area contributed by atoms with Crippen LogP contribution in [0, 0.1) is 45.3 Å². The SMILES string of the molecule is CC(C)=CCC[C@](C)(O[C@H]1O[C@H](CO[C@@H]2OC[C@@H](O)[C@H](O)[C@H]2O)[C@@H](O)[C@H](O)[C@H]1O)[C@H]1CC[C@]2(C)[C@@H]1[C@H](O)C[C@@H]1[C@@]3(C)CC[C@H](O[C@@H]4O[C@H](CO)[C@@H](O)[C@H](O)[C@H]4O[C@@H]4O[C@H](CO)[C@@H](O)[C@H](O)[C@H]4O)C(C)(C)[C@@H]3CC[C@]12C. The van der Waals surface area contributed by atoms with Gasteiger partial charge in [0.1, 0.15) is 91.6 Å². The molecule has 8 rings (SSSR count). The van der Waals surface area contributed by atoms with Crippen molar-refractivity contribution in [3.63, 3.8) is 0 Å². The van der Waals surface area contributed by atoms with E-state index in [4.69, 9.17) is 37.9 Å². The van der Waals surface area contributed by atoms with Crippen molar-refractivity contribution in [2.24, 2.45) is 45.3 Å². The van der Waals surface area contributed by atoms with Gasteiger partial charge < -0.3 is 109 Å². The number of hydrogen-bond donors (Lipinski definition) is 14. The van der Waals surface area contributed by atoms with Crippen LogP contribution < -0.4 is 0 Å². The van der Waals surface area contributed by atoms with E-state index in [-0.39, 0.29) is 41.1 Å². The van der Waals surface area contributed by atoms with Crippen molar-refractivity contribution >= 4 is 0 Å². The fourth-order valence-corrected chi connectivity index (χ4v) is 16.0. The summed E-state index contributed by atoms with van der Waals surface area (Å²) < 4.78 is 48.8. The highest BCUT2D eigenvalue weighted by Gasteiger charge is 2.72. The molecule has 0 aromatic rings. The lowest BCUT2D eigenvalue weighted by Crippen LogP contribution is -2.68. The second kappa shape index (κ2) is 22.7. The molecule has 22 nitrogen and oxygen atoms in total. The Kier molecular flexibility index (Phi) is 18.1. The van der Waals surface area contributed by atoms with E-state index >= 15 is 0 Å². The first-order valence-electron chi connectivity index (χ1n) is 27.3. The van der Waals surface area contributed by atoms with Gasteiger partial charge in [-0.1, -0.05) is 46.3 Å². The molecule has 4 aliphatic carbocycles. The van der Waals surface area contributed by atoms with Crippen molar-refractivity contribution in [2.45, 2.75) is 248 Å². The van der Waals surface area contributed by atoms with E-state index in [0.29, 0.717) is 38.5 Å². The Bertz CT molecular complexity index is 1940. The Hall–Kier alpha value is -1.14. The summed E-state index contributed by atoms with van der Waals surface area (Å²) in [5.41, 5.74) is -1.48. The molecular weight excluding hydrogens is 989 g/mol. The predicted octanol–water partition coefficient (Wildman–Crippen LogP) is -1.56. The van der Waals surface area contributed by atoms with Gasteiger partial charge in [0, 0.05) is 0 Å². The molecule has 0 bridgehead atoms. The first-order chi connectivity index (χ1) is 35.1. The Labute approximate surface area is 439 Å². The molecule has 4 saturated carbocycles. The van der Waals surface area contributed by atoms with Gasteiger partial charge in [0.25, 0.3) is 0 Å². The highest BCUT2D eigenvalue weighted by Crippen LogP contribution is 2.76. The highest BCUT2D eigenvalue weighted by atomic mass is 16.8. The molecule has 434 valence electrons. The number of fused-ring (bicyclic) bond motifs is 5. The van der Waals surface area contributed by atoms with E-state index in [1.807, 2.05) is 20.8 Å². The molecule has 8 fully saturated rings. The van der Waals surface area contributed by atoms with Gasteiger partial charge in [-0.15, -0.1) is 0 Å². The van der Waals surface area contributed by atoms with Crippen LogP contribution in [0.25, 0.3) is 0 Å². The Balaban J connectivity index is 1.01. The lowest BCUT2D eigenvalue weighted by molar-refractivity contribution is -0.378. The molecule has 0 amide bonds. The molecule has 0 radical (unpaired) electrons. The molecule has 14 N–H and O–H groups in total. The average Bonchev–Trinajstić information content (AvgIpc) is 3.75. The summed E-state index contributed by atoms with van der Waals surface area (Å²) in [6.45, 7) is 15.1. The average molecular weight is 1080 g/mol. The van der Waals surface area contributed by atoms with Crippen LogP contribution >= 0.6 is 0 Å². The molecule has 4 heterocycles. The minimum Gasteiger partial charge on any atom is -0.394 e. The van der Waals surface area contributed by atoms with Crippen molar-refractivity contribution in [2.75, 3.05) is 26.4 Å². The normalized spacial score (nSPS) is 52.7. The monoisotopic (exact) mass is 1080 g/mol. The minimum atomic E-state index is -1.81.